The number of halogens is 1. The van der Waals surface area contributed by atoms with Gasteiger partial charge in [0.25, 0.3) is 0 Å². The van der Waals surface area contributed by atoms with Crippen LogP contribution in [0, 0.1) is 5.41 Å². The Kier molecular flexibility index (Phi) is 6.39. The number of nitrogens with two attached hydrogens (primary N) is 1. The summed E-state index contributed by atoms with van der Waals surface area (Å²) in [6.07, 6.45) is 0. The average Bonchev–Trinajstić information content (AvgIpc) is 1.80. The van der Waals surface area contributed by atoms with Crippen molar-refractivity contribution in [2.45, 2.75) is 33.7 Å². The van der Waals surface area contributed by atoms with Crippen LogP contribution in [0.5, 0.6) is 0 Å². The van der Waals surface area contributed by atoms with Crippen molar-refractivity contribution in [3.05, 3.63) is 0 Å². The summed E-state index contributed by atoms with van der Waals surface area (Å²) in [5.74, 6) is -0.333. The topological polar surface area (TPSA) is 52.3 Å². The van der Waals surface area contributed by atoms with Crippen LogP contribution in [-0.2, 0) is 9.53 Å². The van der Waals surface area contributed by atoms with Crippen molar-refractivity contribution >= 4 is 18.4 Å². The van der Waals surface area contributed by atoms with Crippen molar-refractivity contribution in [2.24, 2.45) is 11.1 Å². The first-order chi connectivity index (χ1) is 4.83. The molecule has 12 heavy (non-hydrogen) atoms. The minimum absolute atomic E-state index is 0. The zero-order chi connectivity index (χ0) is 9.07. The maximum atomic E-state index is 10.8. The molecule has 74 valence electrons. The lowest BCUT2D eigenvalue weighted by molar-refractivity contribution is -0.147. The van der Waals surface area contributed by atoms with Crippen molar-refractivity contribution in [3.63, 3.8) is 0 Å². The number of esters is 1. The minimum atomic E-state index is -0.516. The molecule has 4 heteroatoms. The monoisotopic (exact) mass is 195 g/mol. The third-order valence-electron chi connectivity index (χ3n) is 1.02. The minimum Gasteiger partial charge on any atom is -0.464 e. The summed E-state index contributed by atoms with van der Waals surface area (Å²) in [5.41, 5.74) is 5.31. The highest BCUT2D eigenvalue weighted by Crippen LogP contribution is 2.12. The second-order valence-electron chi connectivity index (χ2n) is 3.96. The summed E-state index contributed by atoms with van der Waals surface area (Å²) in [4.78, 5) is 10.8. The third kappa shape index (κ3) is 7.82. The number of hydrogen-bond donors (Lipinski definition) is 1. The van der Waals surface area contributed by atoms with Gasteiger partial charge < -0.3 is 10.5 Å². The lowest BCUT2D eigenvalue weighted by Gasteiger charge is -2.18. The number of carbonyl (C=O) groups is 1. The summed E-state index contributed by atoms with van der Waals surface area (Å²) in [5, 5.41) is 0. The predicted octanol–water partition coefficient (Wildman–Crippen LogP) is 1.34. The van der Waals surface area contributed by atoms with Crippen molar-refractivity contribution in [2.75, 3.05) is 6.61 Å². The highest BCUT2D eigenvalue weighted by atomic mass is 35.5. The third-order valence-corrected chi connectivity index (χ3v) is 1.02. The second-order valence-corrected chi connectivity index (χ2v) is 3.96. The van der Waals surface area contributed by atoms with Crippen LogP contribution in [0.3, 0.4) is 0 Å². The average molecular weight is 196 g/mol. The van der Waals surface area contributed by atoms with E-state index in [0.29, 0.717) is 6.61 Å². The van der Waals surface area contributed by atoms with Crippen molar-refractivity contribution in [1.29, 1.82) is 0 Å². The van der Waals surface area contributed by atoms with E-state index in [1.54, 1.807) is 6.92 Å². The number of carbonyl (C=O) groups excluding carboxylic acids is 1. The number of rotatable bonds is 2. The van der Waals surface area contributed by atoms with E-state index >= 15 is 0 Å². The molecule has 3 nitrogen and oxygen atoms in total. The van der Waals surface area contributed by atoms with Gasteiger partial charge in [0, 0.05) is 0 Å². The normalized spacial score (nSPS) is 13.1. The molecule has 0 heterocycles. The van der Waals surface area contributed by atoms with Gasteiger partial charge in [-0.1, -0.05) is 20.8 Å². The van der Waals surface area contributed by atoms with Crippen LogP contribution in [0.25, 0.3) is 0 Å². The number of ether oxygens (including phenoxy) is 1. The maximum Gasteiger partial charge on any atom is 0.322 e. The van der Waals surface area contributed by atoms with Gasteiger partial charge in [-0.2, -0.15) is 0 Å². The molecule has 0 aliphatic carbocycles. The second kappa shape index (κ2) is 5.38. The molecule has 0 aromatic heterocycles. The molecule has 0 aliphatic heterocycles. The van der Waals surface area contributed by atoms with Crippen LogP contribution in [0.15, 0.2) is 0 Å². The van der Waals surface area contributed by atoms with E-state index < -0.39 is 6.04 Å². The first-order valence-corrected chi connectivity index (χ1v) is 3.75. The highest BCUT2D eigenvalue weighted by molar-refractivity contribution is 5.85. The van der Waals surface area contributed by atoms with Gasteiger partial charge in [0.15, 0.2) is 0 Å². The lowest BCUT2D eigenvalue weighted by Crippen LogP contribution is -2.31. The van der Waals surface area contributed by atoms with Gasteiger partial charge in [-0.3, -0.25) is 4.79 Å². The van der Waals surface area contributed by atoms with Gasteiger partial charge >= 0.3 is 5.97 Å². The fourth-order valence-corrected chi connectivity index (χ4v) is 0.419. The molecule has 1 atom stereocenters. The first kappa shape index (κ1) is 14.3. The van der Waals surface area contributed by atoms with E-state index in [9.17, 15) is 4.79 Å². The van der Waals surface area contributed by atoms with Crippen LogP contribution in [0.2, 0.25) is 0 Å². The van der Waals surface area contributed by atoms with E-state index in [-0.39, 0.29) is 23.8 Å². The fourth-order valence-electron chi connectivity index (χ4n) is 0.419. The van der Waals surface area contributed by atoms with Gasteiger partial charge in [-0.15, -0.1) is 12.4 Å². The molecule has 0 spiro atoms. The smallest absolute Gasteiger partial charge is 0.322 e. The number of hydrogen-bond acceptors (Lipinski definition) is 3. The summed E-state index contributed by atoms with van der Waals surface area (Å²) >= 11 is 0. The molecule has 0 saturated heterocycles. The molecular formula is C8H18ClNO2. The van der Waals surface area contributed by atoms with Gasteiger partial charge in [-0.25, -0.2) is 0 Å². The Morgan fingerprint density at radius 2 is 1.92 bits per heavy atom. The van der Waals surface area contributed by atoms with Crippen LogP contribution in [-0.4, -0.2) is 18.6 Å². The predicted molar refractivity (Wildman–Crippen MR) is 51.3 cm³/mol. The Labute approximate surface area is 80.1 Å². The van der Waals surface area contributed by atoms with Gasteiger partial charge in [0.1, 0.15) is 6.04 Å². The largest absolute Gasteiger partial charge is 0.464 e. The molecule has 0 saturated carbocycles. The summed E-state index contributed by atoms with van der Waals surface area (Å²) in [6.45, 7) is 8.04. The van der Waals surface area contributed by atoms with Crippen LogP contribution >= 0.6 is 12.4 Å². The molecule has 0 aromatic carbocycles. The Morgan fingerprint density at radius 1 is 1.50 bits per heavy atom. The Bertz CT molecular complexity index is 140. The maximum absolute atomic E-state index is 10.8. The molecule has 0 amide bonds. The molecule has 0 radical (unpaired) electrons. The van der Waals surface area contributed by atoms with E-state index in [1.165, 1.54) is 0 Å². The highest BCUT2D eigenvalue weighted by Gasteiger charge is 2.15. The SMILES string of the molecule is C[C@H](N)C(=O)OCC(C)(C)C.Cl. The van der Waals surface area contributed by atoms with Crippen molar-refractivity contribution in [1.82, 2.24) is 0 Å². The first-order valence-electron chi connectivity index (χ1n) is 3.75. The summed E-state index contributed by atoms with van der Waals surface area (Å²) in [6, 6.07) is -0.516. The summed E-state index contributed by atoms with van der Waals surface area (Å²) in [7, 11) is 0. The molecule has 0 fully saturated rings. The Balaban J connectivity index is 0. The molecule has 0 rings (SSSR count). The van der Waals surface area contributed by atoms with E-state index in [2.05, 4.69) is 0 Å². The molecule has 0 unspecified atom stereocenters. The quantitative estimate of drug-likeness (QED) is 0.677. The Morgan fingerprint density at radius 3 is 2.17 bits per heavy atom. The zero-order valence-electron chi connectivity index (χ0n) is 8.09. The van der Waals surface area contributed by atoms with E-state index in [1.807, 2.05) is 20.8 Å². The standard InChI is InChI=1S/C8H17NO2.ClH/c1-6(9)7(10)11-5-8(2,3)4;/h6H,5,9H2,1-4H3;1H/t6-;/m0./s1. The molecular weight excluding hydrogens is 178 g/mol. The molecule has 2 N–H and O–H groups in total. The van der Waals surface area contributed by atoms with Gasteiger partial charge in [0.05, 0.1) is 6.61 Å². The van der Waals surface area contributed by atoms with E-state index in [0.717, 1.165) is 0 Å². The van der Waals surface area contributed by atoms with Crippen molar-refractivity contribution < 1.29 is 9.53 Å². The molecule has 0 aromatic rings. The fraction of sp³-hybridized carbons (Fsp3) is 0.875. The van der Waals surface area contributed by atoms with Crippen LogP contribution in [0.4, 0.5) is 0 Å². The van der Waals surface area contributed by atoms with Gasteiger partial charge in [-0.05, 0) is 12.3 Å². The molecule has 0 aliphatic rings. The Hall–Kier alpha value is -0.280. The van der Waals surface area contributed by atoms with Crippen molar-refractivity contribution in [3.8, 4) is 0 Å². The summed E-state index contributed by atoms with van der Waals surface area (Å²) < 4.78 is 4.90. The van der Waals surface area contributed by atoms with Crippen LogP contribution in [0.1, 0.15) is 27.7 Å². The van der Waals surface area contributed by atoms with Crippen LogP contribution < -0.4 is 5.73 Å². The lowest BCUT2D eigenvalue weighted by atomic mass is 9.99. The van der Waals surface area contributed by atoms with Gasteiger partial charge in [0.2, 0.25) is 0 Å². The molecule has 0 bridgehead atoms. The van der Waals surface area contributed by atoms with E-state index in [4.69, 9.17) is 10.5 Å². The zero-order valence-corrected chi connectivity index (χ0v) is 8.90.